The zero-order valence-electron chi connectivity index (χ0n) is 12.0. The monoisotopic (exact) mass is 310 g/mol. The number of carbonyl (C=O) groups is 2. The molecule has 0 aliphatic carbocycles. The first-order valence-electron chi connectivity index (χ1n) is 7.12. The number of amides is 1. The Hall–Kier alpha value is -1.75. The Morgan fingerprint density at radius 2 is 2.24 bits per heavy atom. The lowest BCUT2D eigenvalue weighted by atomic mass is 10.2. The summed E-state index contributed by atoms with van der Waals surface area (Å²) in [7, 11) is 0. The Balaban J connectivity index is 1.98. The van der Waals surface area contributed by atoms with E-state index in [1.165, 1.54) is 0 Å². The molecule has 1 aromatic rings. The van der Waals surface area contributed by atoms with E-state index in [1.807, 2.05) is 0 Å². The third kappa shape index (κ3) is 4.36. The average Bonchev–Trinajstić information content (AvgIpc) is 2.44. The van der Waals surface area contributed by atoms with Gasteiger partial charge in [-0.3, -0.25) is 4.79 Å². The van der Waals surface area contributed by atoms with Crippen LogP contribution in [-0.4, -0.2) is 31.5 Å². The standard InChI is InChI=1S/C15H19ClN2O3/c1-2-3-4-7-17-14(19)9-18-10-15(20)21-13-6-5-11(16)8-12(13)18/h5-6,8H,2-4,7,9-10H2,1H3,(H,17,19). The summed E-state index contributed by atoms with van der Waals surface area (Å²) >= 11 is 5.97. The summed E-state index contributed by atoms with van der Waals surface area (Å²) in [5, 5.41) is 3.40. The fourth-order valence-corrected chi connectivity index (χ4v) is 2.36. The molecule has 0 radical (unpaired) electrons. The molecule has 1 aliphatic heterocycles. The molecule has 0 fully saturated rings. The van der Waals surface area contributed by atoms with Crippen LogP contribution < -0.4 is 15.0 Å². The number of carbonyl (C=O) groups excluding carboxylic acids is 2. The van der Waals surface area contributed by atoms with Crippen molar-refractivity contribution < 1.29 is 14.3 Å². The van der Waals surface area contributed by atoms with Crippen molar-refractivity contribution in [1.82, 2.24) is 5.32 Å². The molecule has 21 heavy (non-hydrogen) atoms. The lowest BCUT2D eigenvalue weighted by molar-refractivity contribution is -0.133. The van der Waals surface area contributed by atoms with E-state index >= 15 is 0 Å². The number of hydrogen-bond acceptors (Lipinski definition) is 4. The van der Waals surface area contributed by atoms with E-state index in [-0.39, 0.29) is 25.0 Å². The number of hydrogen-bond donors (Lipinski definition) is 1. The second-order valence-electron chi connectivity index (χ2n) is 5.00. The maximum absolute atomic E-state index is 11.9. The Labute approximate surface area is 129 Å². The second kappa shape index (κ2) is 7.31. The second-order valence-corrected chi connectivity index (χ2v) is 5.44. The van der Waals surface area contributed by atoms with Gasteiger partial charge in [-0.1, -0.05) is 31.4 Å². The third-order valence-electron chi connectivity index (χ3n) is 3.24. The van der Waals surface area contributed by atoms with E-state index in [4.69, 9.17) is 16.3 Å². The van der Waals surface area contributed by atoms with Crippen molar-refractivity contribution in [3.63, 3.8) is 0 Å². The predicted molar refractivity (Wildman–Crippen MR) is 81.8 cm³/mol. The van der Waals surface area contributed by atoms with E-state index in [2.05, 4.69) is 12.2 Å². The van der Waals surface area contributed by atoms with Crippen molar-refractivity contribution in [2.45, 2.75) is 26.2 Å². The normalized spacial score (nSPS) is 13.6. The van der Waals surface area contributed by atoms with Crippen molar-refractivity contribution in [2.24, 2.45) is 0 Å². The topological polar surface area (TPSA) is 58.6 Å². The van der Waals surface area contributed by atoms with Crippen LogP contribution in [-0.2, 0) is 9.59 Å². The molecule has 0 unspecified atom stereocenters. The van der Waals surface area contributed by atoms with Crippen molar-refractivity contribution in [3.8, 4) is 5.75 Å². The van der Waals surface area contributed by atoms with Gasteiger partial charge in [0.05, 0.1) is 12.2 Å². The summed E-state index contributed by atoms with van der Waals surface area (Å²) in [5.41, 5.74) is 0.672. The van der Waals surface area contributed by atoms with Crippen molar-refractivity contribution in [1.29, 1.82) is 0 Å². The number of ether oxygens (including phenoxy) is 1. The summed E-state index contributed by atoms with van der Waals surface area (Å²) in [4.78, 5) is 25.2. The van der Waals surface area contributed by atoms with Crippen molar-refractivity contribution in [3.05, 3.63) is 23.2 Å². The number of benzene rings is 1. The number of halogens is 1. The summed E-state index contributed by atoms with van der Waals surface area (Å²) < 4.78 is 5.14. The maximum atomic E-state index is 11.9. The molecule has 1 heterocycles. The molecule has 114 valence electrons. The summed E-state index contributed by atoms with van der Waals surface area (Å²) in [6, 6.07) is 5.00. The minimum absolute atomic E-state index is 0.0513. The highest BCUT2D eigenvalue weighted by Gasteiger charge is 2.25. The summed E-state index contributed by atoms with van der Waals surface area (Å²) in [6.45, 7) is 2.94. The first-order valence-corrected chi connectivity index (χ1v) is 7.50. The lowest BCUT2D eigenvalue weighted by Gasteiger charge is -2.29. The number of anilines is 1. The smallest absolute Gasteiger partial charge is 0.331 e. The van der Waals surface area contributed by atoms with Gasteiger partial charge in [-0.25, -0.2) is 4.79 Å². The molecule has 0 spiro atoms. The van der Waals surface area contributed by atoms with Gasteiger partial charge in [-0.05, 0) is 24.6 Å². The quantitative estimate of drug-likeness (QED) is 0.498. The van der Waals surface area contributed by atoms with Gasteiger partial charge in [-0.2, -0.15) is 0 Å². The van der Waals surface area contributed by atoms with Gasteiger partial charge in [-0.15, -0.1) is 0 Å². The van der Waals surface area contributed by atoms with E-state index < -0.39 is 0 Å². The fraction of sp³-hybridized carbons (Fsp3) is 0.467. The molecule has 0 saturated heterocycles. The zero-order valence-corrected chi connectivity index (χ0v) is 12.8. The van der Waals surface area contributed by atoms with Gasteiger partial charge in [0.15, 0.2) is 5.75 Å². The molecule has 1 aromatic carbocycles. The van der Waals surface area contributed by atoms with Gasteiger partial charge in [0, 0.05) is 11.6 Å². The largest absolute Gasteiger partial charge is 0.423 e. The molecule has 5 nitrogen and oxygen atoms in total. The highest BCUT2D eigenvalue weighted by molar-refractivity contribution is 6.31. The van der Waals surface area contributed by atoms with Crippen LogP contribution in [0.15, 0.2) is 18.2 Å². The van der Waals surface area contributed by atoms with Gasteiger partial charge in [0.1, 0.15) is 6.54 Å². The Kier molecular flexibility index (Phi) is 5.44. The fourth-order valence-electron chi connectivity index (χ4n) is 2.19. The summed E-state index contributed by atoms with van der Waals surface area (Å²) in [6.07, 6.45) is 3.17. The molecule has 0 atom stereocenters. The molecule has 6 heteroatoms. The van der Waals surface area contributed by atoms with E-state index in [0.717, 1.165) is 19.3 Å². The predicted octanol–water partition coefficient (Wildman–Crippen LogP) is 2.37. The van der Waals surface area contributed by atoms with Gasteiger partial charge in [0.25, 0.3) is 0 Å². The van der Waals surface area contributed by atoms with Crippen LogP contribution in [0.5, 0.6) is 5.75 Å². The number of rotatable bonds is 6. The molecule has 0 aromatic heterocycles. The number of fused-ring (bicyclic) bond motifs is 1. The SMILES string of the molecule is CCCCCNC(=O)CN1CC(=O)Oc2ccc(Cl)cc21. The first-order chi connectivity index (χ1) is 10.1. The zero-order chi connectivity index (χ0) is 15.2. The van der Waals surface area contributed by atoms with E-state index in [0.29, 0.717) is 23.0 Å². The van der Waals surface area contributed by atoms with Crippen LogP contribution in [0.1, 0.15) is 26.2 Å². The van der Waals surface area contributed by atoms with Gasteiger partial charge >= 0.3 is 5.97 Å². The maximum Gasteiger partial charge on any atom is 0.331 e. The van der Waals surface area contributed by atoms with Crippen molar-refractivity contribution in [2.75, 3.05) is 24.5 Å². The molecule has 2 rings (SSSR count). The first kappa shape index (κ1) is 15.6. The van der Waals surface area contributed by atoms with Crippen LogP contribution >= 0.6 is 11.6 Å². The van der Waals surface area contributed by atoms with E-state index in [1.54, 1.807) is 23.1 Å². The Morgan fingerprint density at radius 1 is 1.43 bits per heavy atom. The molecular formula is C15H19ClN2O3. The van der Waals surface area contributed by atoms with Crippen LogP contribution in [0.4, 0.5) is 5.69 Å². The number of unbranched alkanes of at least 4 members (excludes halogenated alkanes) is 2. The number of nitrogens with one attached hydrogen (secondary N) is 1. The molecular weight excluding hydrogens is 292 g/mol. The molecule has 1 amide bonds. The highest BCUT2D eigenvalue weighted by atomic mass is 35.5. The molecule has 0 bridgehead atoms. The molecule has 0 saturated carbocycles. The lowest BCUT2D eigenvalue weighted by Crippen LogP contribution is -2.43. The minimum Gasteiger partial charge on any atom is -0.423 e. The number of nitrogens with zero attached hydrogens (tertiary/aromatic N) is 1. The third-order valence-corrected chi connectivity index (χ3v) is 3.48. The van der Waals surface area contributed by atoms with Crippen LogP contribution in [0.25, 0.3) is 0 Å². The van der Waals surface area contributed by atoms with Crippen LogP contribution in [0, 0.1) is 0 Å². The summed E-state index contributed by atoms with van der Waals surface area (Å²) in [5.74, 6) is -0.0373. The number of esters is 1. The van der Waals surface area contributed by atoms with Gasteiger partial charge < -0.3 is 15.0 Å². The van der Waals surface area contributed by atoms with Crippen LogP contribution in [0.2, 0.25) is 5.02 Å². The van der Waals surface area contributed by atoms with Gasteiger partial charge in [0.2, 0.25) is 5.91 Å². The minimum atomic E-state index is -0.372. The average molecular weight is 311 g/mol. The molecule has 1 N–H and O–H groups in total. The Bertz CT molecular complexity index is 534. The molecule has 1 aliphatic rings. The Morgan fingerprint density at radius 3 is 3.00 bits per heavy atom. The van der Waals surface area contributed by atoms with E-state index in [9.17, 15) is 9.59 Å². The van der Waals surface area contributed by atoms with Crippen molar-refractivity contribution >= 4 is 29.2 Å². The highest BCUT2D eigenvalue weighted by Crippen LogP contribution is 2.34. The van der Waals surface area contributed by atoms with Crippen LogP contribution in [0.3, 0.4) is 0 Å².